The smallest absolute Gasteiger partial charge is 0.0752 e. The van der Waals surface area contributed by atoms with Crippen LogP contribution in [0.2, 0.25) is 0 Å². The highest BCUT2D eigenvalue weighted by Gasteiger charge is 2.31. The molecule has 0 amide bonds. The third-order valence-electron chi connectivity index (χ3n) is 2.79. The van der Waals surface area contributed by atoms with Crippen LogP contribution in [-0.4, -0.2) is 31.5 Å². The van der Waals surface area contributed by atoms with Gasteiger partial charge >= 0.3 is 0 Å². The highest BCUT2D eigenvalue weighted by Crippen LogP contribution is 2.22. The minimum atomic E-state index is 0.106. The molecule has 2 aliphatic rings. The van der Waals surface area contributed by atoms with Gasteiger partial charge in [0.1, 0.15) is 0 Å². The van der Waals surface area contributed by atoms with E-state index in [1.807, 2.05) is 0 Å². The van der Waals surface area contributed by atoms with Crippen molar-refractivity contribution < 1.29 is 9.47 Å². The molecule has 3 heteroatoms. The average Bonchev–Trinajstić information content (AvgIpc) is 2.77. The topological polar surface area (TPSA) is 44.5 Å². The molecule has 0 spiro atoms. The lowest BCUT2D eigenvalue weighted by atomic mass is 10.0. The van der Waals surface area contributed by atoms with Gasteiger partial charge in [0.2, 0.25) is 0 Å². The fraction of sp³-hybridized carbons (Fsp3) is 1.00. The van der Waals surface area contributed by atoms with E-state index >= 15 is 0 Å². The van der Waals surface area contributed by atoms with E-state index in [1.165, 1.54) is 0 Å². The van der Waals surface area contributed by atoms with Crippen LogP contribution in [0, 0.1) is 0 Å². The van der Waals surface area contributed by atoms with Crippen LogP contribution in [0.25, 0.3) is 0 Å². The van der Waals surface area contributed by atoms with Gasteiger partial charge in [-0.3, -0.25) is 0 Å². The van der Waals surface area contributed by atoms with E-state index in [9.17, 15) is 0 Å². The summed E-state index contributed by atoms with van der Waals surface area (Å²) in [5, 5.41) is 0. The lowest BCUT2D eigenvalue weighted by molar-refractivity contribution is 0.0174. The van der Waals surface area contributed by atoms with E-state index in [0.717, 1.165) is 38.9 Å². The first-order chi connectivity index (χ1) is 5.88. The monoisotopic (exact) mass is 171 g/mol. The Morgan fingerprint density at radius 2 is 1.50 bits per heavy atom. The lowest BCUT2D eigenvalue weighted by Gasteiger charge is -2.23. The summed E-state index contributed by atoms with van der Waals surface area (Å²) in [5.74, 6) is 0. The molecule has 2 rings (SSSR count). The molecule has 2 saturated heterocycles. The van der Waals surface area contributed by atoms with Crippen molar-refractivity contribution in [1.29, 1.82) is 0 Å². The standard InChI is InChI=1S/C9H17NO2/c10-9(7-3-1-5-11-7)8-4-2-6-12-8/h7-9H,1-6,10H2. The third kappa shape index (κ3) is 1.63. The molecule has 3 nitrogen and oxygen atoms in total. The first-order valence-corrected chi connectivity index (χ1v) is 4.87. The Morgan fingerprint density at radius 3 is 1.83 bits per heavy atom. The molecule has 0 radical (unpaired) electrons. The maximum absolute atomic E-state index is 6.03. The second-order valence-corrected chi connectivity index (χ2v) is 3.68. The molecule has 2 atom stereocenters. The summed E-state index contributed by atoms with van der Waals surface area (Å²) in [6, 6.07) is 0.106. The highest BCUT2D eigenvalue weighted by molar-refractivity contribution is 4.86. The average molecular weight is 171 g/mol. The van der Waals surface area contributed by atoms with E-state index in [4.69, 9.17) is 15.2 Å². The van der Waals surface area contributed by atoms with Crippen LogP contribution in [0.4, 0.5) is 0 Å². The second-order valence-electron chi connectivity index (χ2n) is 3.68. The van der Waals surface area contributed by atoms with Crippen LogP contribution in [0.1, 0.15) is 25.7 Å². The van der Waals surface area contributed by atoms with Gasteiger partial charge in [0.05, 0.1) is 18.2 Å². The fourth-order valence-corrected chi connectivity index (χ4v) is 2.05. The predicted molar refractivity (Wildman–Crippen MR) is 45.9 cm³/mol. The first-order valence-electron chi connectivity index (χ1n) is 4.87. The number of rotatable bonds is 2. The number of hydrogen-bond acceptors (Lipinski definition) is 3. The molecule has 12 heavy (non-hydrogen) atoms. The SMILES string of the molecule is NC(C1CCCO1)C1CCCO1. The van der Waals surface area contributed by atoms with Crippen molar-refractivity contribution in [3.05, 3.63) is 0 Å². The Labute approximate surface area is 73.2 Å². The van der Waals surface area contributed by atoms with Crippen LogP contribution >= 0.6 is 0 Å². The van der Waals surface area contributed by atoms with Gasteiger partial charge in [-0.1, -0.05) is 0 Å². The van der Waals surface area contributed by atoms with Crippen molar-refractivity contribution in [3.8, 4) is 0 Å². The number of hydrogen-bond donors (Lipinski definition) is 1. The van der Waals surface area contributed by atoms with Gasteiger partial charge in [0.15, 0.2) is 0 Å². The highest BCUT2D eigenvalue weighted by atomic mass is 16.5. The Morgan fingerprint density at radius 1 is 1.00 bits per heavy atom. The molecule has 70 valence electrons. The summed E-state index contributed by atoms with van der Waals surface area (Å²) in [7, 11) is 0. The molecule has 0 bridgehead atoms. The van der Waals surface area contributed by atoms with E-state index < -0.39 is 0 Å². The van der Waals surface area contributed by atoms with E-state index in [1.54, 1.807) is 0 Å². The predicted octanol–water partition coefficient (Wildman–Crippen LogP) is 0.672. The minimum Gasteiger partial charge on any atom is -0.377 e. The molecule has 2 heterocycles. The van der Waals surface area contributed by atoms with Crippen LogP contribution in [0.15, 0.2) is 0 Å². The Kier molecular flexibility index (Phi) is 2.63. The summed E-state index contributed by atoms with van der Waals surface area (Å²) >= 11 is 0. The number of ether oxygens (including phenoxy) is 2. The number of nitrogens with two attached hydrogens (primary N) is 1. The van der Waals surface area contributed by atoms with Crippen molar-refractivity contribution in [2.75, 3.05) is 13.2 Å². The maximum atomic E-state index is 6.03. The van der Waals surface area contributed by atoms with Crippen molar-refractivity contribution in [3.63, 3.8) is 0 Å². The van der Waals surface area contributed by atoms with Gasteiger partial charge in [-0.2, -0.15) is 0 Å². The van der Waals surface area contributed by atoms with Gasteiger partial charge in [-0.05, 0) is 25.7 Å². The molecular weight excluding hydrogens is 154 g/mol. The van der Waals surface area contributed by atoms with Crippen molar-refractivity contribution >= 4 is 0 Å². The zero-order valence-electron chi connectivity index (χ0n) is 7.37. The van der Waals surface area contributed by atoms with Gasteiger partial charge in [0, 0.05) is 13.2 Å². The molecule has 0 saturated carbocycles. The van der Waals surface area contributed by atoms with Gasteiger partial charge in [-0.15, -0.1) is 0 Å². The molecule has 0 aromatic rings. The van der Waals surface area contributed by atoms with Crippen LogP contribution in [0.5, 0.6) is 0 Å². The van der Waals surface area contributed by atoms with Gasteiger partial charge in [-0.25, -0.2) is 0 Å². The van der Waals surface area contributed by atoms with Crippen LogP contribution in [-0.2, 0) is 9.47 Å². The first kappa shape index (κ1) is 8.48. The summed E-state index contributed by atoms with van der Waals surface area (Å²) in [6.45, 7) is 1.76. The molecule has 2 N–H and O–H groups in total. The summed E-state index contributed by atoms with van der Waals surface area (Å²) < 4.78 is 11.0. The fourth-order valence-electron chi connectivity index (χ4n) is 2.05. The van der Waals surface area contributed by atoms with Crippen molar-refractivity contribution in [2.24, 2.45) is 5.73 Å². The lowest BCUT2D eigenvalue weighted by Crippen LogP contribution is -2.44. The quantitative estimate of drug-likeness (QED) is 0.664. The molecule has 0 aromatic heterocycles. The molecule has 2 aliphatic heterocycles. The van der Waals surface area contributed by atoms with E-state index in [2.05, 4.69) is 0 Å². The van der Waals surface area contributed by atoms with Gasteiger partial charge < -0.3 is 15.2 Å². The van der Waals surface area contributed by atoms with Crippen LogP contribution in [0.3, 0.4) is 0 Å². The third-order valence-corrected chi connectivity index (χ3v) is 2.79. The van der Waals surface area contributed by atoms with E-state index in [0.29, 0.717) is 0 Å². The Bertz CT molecular complexity index is 123. The van der Waals surface area contributed by atoms with Crippen LogP contribution < -0.4 is 5.73 Å². The zero-order valence-corrected chi connectivity index (χ0v) is 7.37. The molecule has 0 aromatic carbocycles. The maximum Gasteiger partial charge on any atom is 0.0752 e. The Balaban J connectivity index is 1.84. The largest absolute Gasteiger partial charge is 0.377 e. The normalized spacial score (nSPS) is 38.8. The molecule has 0 aliphatic carbocycles. The summed E-state index contributed by atoms with van der Waals surface area (Å²) in [5.41, 5.74) is 6.03. The van der Waals surface area contributed by atoms with E-state index in [-0.39, 0.29) is 18.2 Å². The molecule has 2 fully saturated rings. The Hall–Kier alpha value is -0.120. The zero-order chi connectivity index (χ0) is 8.39. The van der Waals surface area contributed by atoms with Crippen molar-refractivity contribution in [1.82, 2.24) is 0 Å². The van der Waals surface area contributed by atoms with Gasteiger partial charge in [0.25, 0.3) is 0 Å². The summed E-state index contributed by atoms with van der Waals surface area (Å²) in [6.07, 6.45) is 5.05. The summed E-state index contributed by atoms with van der Waals surface area (Å²) in [4.78, 5) is 0. The molecule has 2 unspecified atom stereocenters. The molecular formula is C9H17NO2. The minimum absolute atomic E-state index is 0.106. The van der Waals surface area contributed by atoms with Crippen molar-refractivity contribution in [2.45, 2.75) is 43.9 Å². The second kappa shape index (κ2) is 3.73.